The van der Waals surface area contributed by atoms with Crippen LogP contribution >= 0.6 is 22.6 Å². The van der Waals surface area contributed by atoms with Crippen molar-refractivity contribution in [3.8, 4) is 5.75 Å². The molecule has 1 aliphatic heterocycles. The number of carbonyl (C=O) groups excluding carboxylic acids is 1. The molecule has 19 heavy (non-hydrogen) atoms. The Kier molecular flexibility index (Phi) is 3.71. The summed E-state index contributed by atoms with van der Waals surface area (Å²) in [6.07, 6.45) is 0.449. The normalized spacial score (nSPS) is 22.5. The summed E-state index contributed by atoms with van der Waals surface area (Å²) in [5.41, 5.74) is -0.492. The molecule has 1 unspecified atom stereocenters. The first-order valence-electron chi connectivity index (χ1n) is 5.85. The number of rotatable bonds is 2. The van der Waals surface area contributed by atoms with Gasteiger partial charge >= 0.3 is 5.97 Å². The molecule has 0 radical (unpaired) electrons. The molecule has 5 nitrogen and oxygen atoms in total. The number of hydrogen-bond acceptors (Lipinski definition) is 3. The molecule has 1 fully saturated rings. The summed E-state index contributed by atoms with van der Waals surface area (Å²) in [6.45, 7) is 2.27. The van der Waals surface area contributed by atoms with Crippen LogP contribution in [0.3, 0.4) is 0 Å². The van der Waals surface area contributed by atoms with Crippen molar-refractivity contribution in [2.75, 3.05) is 13.1 Å². The number of carboxylic acid groups (broad SMARTS) is 1. The zero-order valence-corrected chi connectivity index (χ0v) is 12.5. The molecular weight excluding hydrogens is 361 g/mol. The average Bonchev–Trinajstić information content (AvgIpc) is 2.76. The summed E-state index contributed by atoms with van der Waals surface area (Å²) in [6, 6.07) is 4.72. The fraction of sp³-hybridized carbons (Fsp3) is 0.385. The molecule has 1 atom stereocenters. The largest absolute Gasteiger partial charge is 0.507 e. The topological polar surface area (TPSA) is 77.8 Å². The molecule has 102 valence electrons. The molecule has 2 N–H and O–H groups in total. The van der Waals surface area contributed by atoms with Gasteiger partial charge in [-0.25, -0.2) is 0 Å². The van der Waals surface area contributed by atoms with Crippen molar-refractivity contribution in [1.82, 2.24) is 4.90 Å². The van der Waals surface area contributed by atoms with Crippen LogP contribution in [0, 0.1) is 8.99 Å². The van der Waals surface area contributed by atoms with Gasteiger partial charge in [0.1, 0.15) is 5.75 Å². The van der Waals surface area contributed by atoms with Gasteiger partial charge in [-0.15, -0.1) is 0 Å². The van der Waals surface area contributed by atoms with E-state index in [2.05, 4.69) is 0 Å². The van der Waals surface area contributed by atoms with Gasteiger partial charge in [0.2, 0.25) is 0 Å². The first kappa shape index (κ1) is 14.1. The van der Waals surface area contributed by atoms with Crippen LogP contribution in [-0.4, -0.2) is 40.1 Å². The van der Waals surface area contributed by atoms with Crippen molar-refractivity contribution in [2.24, 2.45) is 5.41 Å². The smallest absolute Gasteiger partial charge is 0.311 e. The summed E-state index contributed by atoms with van der Waals surface area (Å²) < 4.78 is 0.672. The van der Waals surface area contributed by atoms with E-state index >= 15 is 0 Å². The van der Waals surface area contributed by atoms with Gasteiger partial charge in [0, 0.05) is 18.7 Å². The monoisotopic (exact) mass is 375 g/mol. The molecule has 1 aromatic carbocycles. The van der Waals surface area contributed by atoms with Crippen molar-refractivity contribution in [2.45, 2.75) is 13.3 Å². The highest BCUT2D eigenvalue weighted by Gasteiger charge is 2.42. The van der Waals surface area contributed by atoms with Crippen LogP contribution in [0.4, 0.5) is 0 Å². The third kappa shape index (κ3) is 2.68. The lowest BCUT2D eigenvalue weighted by Gasteiger charge is -2.20. The number of carbonyl (C=O) groups is 2. The molecule has 1 amide bonds. The number of aliphatic carboxylic acids is 1. The first-order chi connectivity index (χ1) is 8.83. The highest BCUT2D eigenvalue weighted by molar-refractivity contribution is 14.1. The number of carboxylic acids is 1. The number of halogens is 1. The highest BCUT2D eigenvalue weighted by Crippen LogP contribution is 2.31. The zero-order chi connectivity index (χ0) is 14.2. The van der Waals surface area contributed by atoms with Crippen molar-refractivity contribution in [3.63, 3.8) is 0 Å². The number of amides is 1. The molecule has 0 bridgehead atoms. The summed E-state index contributed by atoms with van der Waals surface area (Å²) in [5, 5.41) is 18.8. The Balaban J connectivity index is 2.18. The molecule has 0 aliphatic carbocycles. The lowest BCUT2D eigenvalue weighted by atomic mass is 9.90. The molecule has 1 aromatic rings. The second-order valence-electron chi connectivity index (χ2n) is 5.01. The average molecular weight is 375 g/mol. The number of benzene rings is 1. The summed E-state index contributed by atoms with van der Waals surface area (Å²) in [7, 11) is 0. The van der Waals surface area contributed by atoms with E-state index in [1.165, 1.54) is 11.0 Å². The Morgan fingerprint density at radius 3 is 2.63 bits per heavy atom. The maximum atomic E-state index is 12.2. The maximum Gasteiger partial charge on any atom is 0.311 e. The summed E-state index contributed by atoms with van der Waals surface area (Å²) >= 11 is 1.97. The van der Waals surface area contributed by atoms with Crippen LogP contribution in [0.15, 0.2) is 18.2 Å². The SMILES string of the molecule is CC1(C(=O)O)CCN(C(=O)c2ccc(I)c(O)c2)C1. The Labute approximate surface area is 124 Å². The van der Waals surface area contributed by atoms with E-state index in [0.717, 1.165) is 0 Å². The Hall–Kier alpha value is -1.31. The molecule has 2 rings (SSSR count). The van der Waals surface area contributed by atoms with Gasteiger partial charge in [-0.05, 0) is 54.1 Å². The van der Waals surface area contributed by atoms with E-state index < -0.39 is 11.4 Å². The van der Waals surface area contributed by atoms with Crippen LogP contribution in [0.1, 0.15) is 23.7 Å². The lowest BCUT2D eigenvalue weighted by Crippen LogP contribution is -2.34. The molecule has 0 spiro atoms. The highest BCUT2D eigenvalue weighted by atomic mass is 127. The Morgan fingerprint density at radius 1 is 1.42 bits per heavy atom. The van der Waals surface area contributed by atoms with Gasteiger partial charge in [-0.1, -0.05) is 0 Å². The fourth-order valence-electron chi connectivity index (χ4n) is 2.14. The zero-order valence-electron chi connectivity index (χ0n) is 10.4. The maximum absolute atomic E-state index is 12.2. The van der Waals surface area contributed by atoms with Crippen LogP contribution in [0.5, 0.6) is 5.75 Å². The minimum absolute atomic E-state index is 0.0617. The van der Waals surface area contributed by atoms with Crippen LogP contribution in [-0.2, 0) is 4.79 Å². The molecule has 0 aromatic heterocycles. The molecule has 0 saturated carbocycles. The molecule has 1 aliphatic rings. The molecule has 1 heterocycles. The number of aromatic hydroxyl groups is 1. The van der Waals surface area contributed by atoms with Gasteiger partial charge in [0.15, 0.2) is 0 Å². The first-order valence-corrected chi connectivity index (χ1v) is 6.92. The van der Waals surface area contributed by atoms with E-state index in [-0.39, 0.29) is 18.2 Å². The minimum atomic E-state index is -0.881. The van der Waals surface area contributed by atoms with Gasteiger partial charge < -0.3 is 15.1 Å². The van der Waals surface area contributed by atoms with Crippen LogP contribution in [0.2, 0.25) is 0 Å². The van der Waals surface area contributed by atoms with E-state index in [4.69, 9.17) is 5.11 Å². The van der Waals surface area contributed by atoms with Crippen LogP contribution in [0.25, 0.3) is 0 Å². The number of nitrogens with zero attached hydrogens (tertiary/aromatic N) is 1. The van der Waals surface area contributed by atoms with Gasteiger partial charge in [0.25, 0.3) is 5.91 Å². The van der Waals surface area contributed by atoms with E-state index in [1.54, 1.807) is 19.1 Å². The second kappa shape index (κ2) is 4.99. The Bertz CT molecular complexity index is 545. The summed E-state index contributed by atoms with van der Waals surface area (Å²) in [4.78, 5) is 24.9. The van der Waals surface area contributed by atoms with Gasteiger partial charge in [-0.3, -0.25) is 9.59 Å². The Morgan fingerprint density at radius 2 is 2.11 bits per heavy atom. The van der Waals surface area contributed by atoms with Crippen molar-refractivity contribution in [1.29, 1.82) is 0 Å². The van der Waals surface area contributed by atoms with Crippen molar-refractivity contribution < 1.29 is 19.8 Å². The minimum Gasteiger partial charge on any atom is -0.507 e. The predicted molar refractivity (Wildman–Crippen MR) is 77.1 cm³/mol. The quantitative estimate of drug-likeness (QED) is 0.775. The molecule has 6 heteroatoms. The number of phenolic OH excluding ortho intramolecular Hbond substituents is 1. The van der Waals surface area contributed by atoms with Gasteiger partial charge in [-0.2, -0.15) is 0 Å². The third-order valence-electron chi connectivity index (χ3n) is 3.47. The standard InChI is InChI=1S/C13H14INO4/c1-13(12(18)19)4-5-15(7-13)11(17)8-2-3-9(14)10(16)6-8/h2-3,6,16H,4-5,7H2,1H3,(H,18,19). The van der Waals surface area contributed by atoms with E-state index in [0.29, 0.717) is 22.1 Å². The van der Waals surface area contributed by atoms with E-state index in [1.807, 2.05) is 22.6 Å². The van der Waals surface area contributed by atoms with E-state index in [9.17, 15) is 14.7 Å². The van der Waals surface area contributed by atoms with Gasteiger partial charge in [0.05, 0.1) is 8.99 Å². The summed E-state index contributed by atoms with van der Waals surface area (Å²) in [5.74, 6) is -1.06. The van der Waals surface area contributed by atoms with Crippen LogP contribution < -0.4 is 0 Å². The number of likely N-dealkylation sites (tertiary alicyclic amines) is 1. The lowest BCUT2D eigenvalue weighted by molar-refractivity contribution is -0.147. The fourth-order valence-corrected chi connectivity index (χ4v) is 2.47. The molecule has 1 saturated heterocycles. The molecular formula is C13H14INO4. The van der Waals surface area contributed by atoms with Crippen molar-refractivity contribution in [3.05, 3.63) is 27.3 Å². The second-order valence-corrected chi connectivity index (χ2v) is 6.17. The van der Waals surface area contributed by atoms with Crippen molar-refractivity contribution >= 4 is 34.5 Å². The number of hydrogen-bond donors (Lipinski definition) is 2. The third-order valence-corrected chi connectivity index (χ3v) is 4.38. The number of phenols is 1. The predicted octanol–water partition coefficient (Wildman–Crippen LogP) is 1.93.